The topological polar surface area (TPSA) is 33.2 Å². The number of rotatable bonds is 6. The van der Waals surface area contributed by atoms with Crippen molar-refractivity contribution >= 4 is 34.8 Å². The normalized spacial score (nSPS) is 11.8. The summed E-state index contributed by atoms with van der Waals surface area (Å²) in [5, 5.41) is 0.975. The molecular formula is C27H21Cl2FN2O. The largest absolute Gasteiger partial charge is 0.300 e. The molecule has 0 bridgehead atoms. The Labute approximate surface area is 202 Å². The van der Waals surface area contributed by atoms with Crippen molar-refractivity contribution in [1.82, 2.24) is 4.98 Å². The van der Waals surface area contributed by atoms with Crippen LogP contribution in [0.25, 0.3) is 11.1 Å². The molecule has 4 rings (SSSR count). The fourth-order valence-electron chi connectivity index (χ4n) is 3.94. The van der Waals surface area contributed by atoms with Crippen LogP contribution in [0.2, 0.25) is 10.0 Å². The Hall–Kier alpha value is -3.21. The van der Waals surface area contributed by atoms with E-state index in [-0.39, 0.29) is 11.5 Å². The van der Waals surface area contributed by atoms with Crippen LogP contribution < -0.4 is 4.90 Å². The Morgan fingerprint density at radius 3 is 2.52 bits per heavy atom. The summed E-state index contributed by atoms with van der Waals surface area (Å²) in [7, 11) is 0. The maximum atomic E-state index is 14.0. The zero-order valence-electron chi connectivity index (χ0n) is 17.9. The third-order valence-corrected chi connectivity index (χ3v) is 6.01. The summed E-state index contributed by atoms with van der Waals surface area (Å²) in [6.07, 6.45) is 4.02. The molecule has 1 aromatic heterocycles. The molecule has 1 atom stereocenters. The molecule has 1 amide bonds. The van der Waals surface area contributed by atoms with E-state index in [4.69, 9.17) is 23.2 Å². The molecule has 0 radical (unpaired) electrons. The van der Waals surface area contributed by atoms with Gasteiger partial charge in [-0.15, -0.1) is 0 Å². The minimum absolute atomic E-state index is 0.250. The SMILES string of the molecule is CCC(c1ccc(Cl)cc1Cl)N(C(=O)c1cccc(F)c1)c1ccccc1-c1cccnc1. The van der Waals surface area contributed by atoms with E-state index in [1.165, 1.54) is 18.2 Å². The molecular weight excluding hydrogens is 458 g/mol. The smallest absolute Gasteiger partial charge is 0.258 e. The Balaban J connectivity index is 1.94. The van der Waals surface area contributed by atoms with E-state index >= 15 is 0 Å². The lowest BCUT2D eigenvalue weighted by Crippen LogP contribution is -2.35. The van der Waals surface area contributed by atoms with E-state index in [9.17, 15) is 9.18 Å². The van der Waals surface area contributed by atoms with Gasteiger partial charge in [-0.1, -0.05) is 66.5 Å². The average molecular weight is 479 g/mol. The van der Waals surface area contributed by atoms with Crippen LogP contribution in [0.15, 0.2) is 91.3 Å². The molecule has 33 heavy (non-hydrogen) atoms. The number of carbonyl (C=O) groups is 1. The highest BCUT2D eigenvalue weighted by atomic mass is 35.5. The Kier molecular flexibility index (Phi) is 7.07. The molecule has 6 heteroatoms. The fourth-order valence-corrected chi connectivity index (χ4v) is 4.48. The first-order chi connectivity index (χ1) is 16.0. The minimum Gasteiger partial charge on any atom is -0.300 e. The minimum atomic E-state index is -0.473. The second-order valence-corrected chi connectivity index (χ2v) is 8.38. The van der Waals surface area contributed by atoms with Gasteiger partial charge in [0.25, 0.3) is 5.91 Å². The Morgan fingerprint density at radius 1 is 1.00 bits per heavy atom. The first kappa shape index (κ1) is 23.0. The summed E-state index contributed by atoms with van der Waals surface area (Å²) in [4.78, 5) is 19.8. The van der Waals surface area contributed by atoms with Crippen molar-refractivity contribution in [2.45, 2.75) is 19.4 Å². The van der Waals surface area contributed by atoms with Crippen molar-refractivity contribution in [3.05, 3.63) is 118 Å². The van der Waals surface area contributed by atoms with Gasteiger partial charge in [0.2, 0.25) is 0 Å². The van der Waals surface area contributed by atoms with Crippen LogP contribution in [0.1, 0.15) is 35.3 Å². The first-order valence-corrected chi connectivity index (χ1v) is 11.3. The number of pyridine rings is 1. The number of anilines is 1. The molecule has 0 spiro atoms. The maximum Gasteiger partial charge on any atom is 0.258 e. The molecule has 1 heterocycles. The third-order valence-electron chi connectivity index (χ3n) is 5.45. The molecule has 0 aliphatic rings. The number of hydrogen-bond acceptors (Lipinski definition) is 2. The van der Waals surface area contributed by atoms with Crippen LogP contribution >= 0.6 is 23.2 Å². The third kappa shape index (κ3) is 4.92. The number of halogens is 3. The second-order valence-electron chi connectivity index (χ2n) is 7.53. The molecule has 3 aromatic carbocycles. The van der Waals surface area contributed by atoms with Crippen LogP contribution in [0.4, 0.5) is 10.1 Å². The predicted octanol–water partition coefficient (Wildman–Crippen LogP) is 7.99. The van der Waals surface area contributed by atoms with E-state index in [0.29, 0.717) is 22.2 Å². The summed E-state index contributed by atoms with van der Waals surface area (Å²) in [5.74, 6) is -0.803. The molecule has 3 nitrogen and oxygen atoms in total. The highest BCUT2D eigenvalue weighted by Gasteiger charge is 2.30. The standard InChI is InChI=1S/C27H21Cl2FN2O/c1-2-25(23-13-12-20(28)16-24(23)29)32(27(33)18-7-5-9-21(30)15-18)26-11-4-3-10-22(26)19-8-6-14-31-17-19/h3-17,25H,2H2,1H3. The van der Waals surface area contributed by atoms with Crippen molar-refractivity contribution in [2.75, 3.05) is 4.90 Å². The summed E-state index contributed by atoms with van der Waals surface area (Å²) in [6, 6.07) is 21.9. The van der Waals surface area contributed by atoms with Gasteiger partial charge in [-0.3, -0.25) is 9.78 Å². The maximum absolute atomic E-state index is 14.0. The van der Waals surface area contributed by atoms with Crippen molar-refractivity contribution < 1.29 is 9.18 Å². The van der Waals surface area contributed by atoms with E-state index in [0.717, 1.165) is 16.7 Å². The van der Waals surface area contributed by atoms with Crippen LogP contribution in [-0.4, -0.2) is 10.9 Å². The molecule has 0 aliphatic heterocycles. The van der Waals surface area contributed by atoms with Gasteiger partial charge >= 0.3 is 0 Å². The van der Waals surface area contributed by atoms with Crippen molar-refractivity contribution in [2.24, 2.45) is 0 Å². The van der Waals surface area contributed by atoms with Gasteiger partial charge in [0, 0.05) is 39.1 Å². The highest BCUT2D eigenvalue weighted by molar-refractivity contribution is 6.35. The van der Waals surface area contributed by atoms with E-state index in [2.05, 4.69) is 4.98 Å². The molecule has 0 saturated carbocycles. The molecule has 0 fully saturated rings. The monoisotopic (exact) mass is 478 g/mol. The van der Waals surface area contributed by atoms with Gasteiger partial charge in [0.05, 0.1) is 11.7 Å². The number of amides is 1. The van der Waals surface area contributed by atoms with E-state index < -0.39 is 11.9 Å². The lowest BCUT2D eigenvalue weighted by molar-refractivity contribution is 0.0975. The number of hydrogen-bond donors (Lipinski definition) is 0. The number of para-hydroxylation sites is 1. The predicted molar refractivity (Wildman–Crippen MR) is 132 cm³/mol. The van der Waals surface area contributed by atoms with Gasteiger partial charge < -0.3 is 4.90 Å². The molecule has 4 aromatic rings. The summed E-state index contributed by atoms with van der Waals surface area (Å²) in [5.41, 5.74) is 3.38. The lowest BCUT2D eigenvalue weighted by Gasteiger charge is -2.34. The van der Waals surface area contributed by atoms with Crippen LogP contribution in [0, 0.1) is 5.82 Å². The van der Waals surface area contributed by atoms with Gasteiger partial charge in [0.1, 0.15) is 5.82 Å². The van der Waals surface area contributed by atoms with Crippen molar-refractivity contribution in [1.29, 1.82) is 0 Å². The molecule has 0 N–H and O–H groups in total. The number of aromatic nitrogens is 1. The van der Waals surface area contributed by atoms with Crippen molar-refractivity contribution in [3.63, 3.8) is 0 Å². The average Bonchev–Trinajstić information content (AvgIpc) is 2.83. The van der Waals surface area contributed by atoms with Gasteiger partial charge in [-0.25, -0.2) is 4.39 Å². The van der Waals surface area contributed by atoms with E-state index in [1.54, 1.807) is 35.5 Å². The first-order valence-electron chi connectivity index (χ1n) is 10.5. The summed E-state index contributed by atoms with van der Waals surface area (Å²) >= 11 is 12.7. The van der Waals surface area contributed by atoms with Gasteiger partial charge in [0.15, 0.2) is 0 Å². The second kappa shape index (κ2) is 10.2. The van der Waals surface area contributed by atoms with Crippen LogP contribution in [-0.2, 0) is 0 Å². The zero-order valence-corrected chi connectivity index (χ0v) is 19.4. The highest BCUT2D eigenvalue weighted by Crippen LogP contribution is 2.40. The summed E-state index contributed by atoms with van der Waals surface area (Å²) < 4.78 is 14.0. The van der Waals surface area contributed by atoms with E-state index in [1.807, 2.05) is 49.4 Å². The number of carbonyl (C=O) groups excluding carboxylic acids is 1. The number of nitrogens with zero attached hydrogens (tertiary/aromatic N) is 2. The molecule has 166 valence electrons. The summed E-state index contributed by atoms with van der Waals surface area (Å²) in [6.45, 7) is 1.98. The van der Waals surface area contributed by atoms with Gasteiger partial charge in [-0.05, 0) is 54.4 Å². The zero-order chi connectivity index (χ0) is 23.4. The molecule has 0 saturated heterocycles. The van der Waals surface area contributed by atoms with Crippen molar-refractivity contribution in [3.8, 4) is 11.1 Å². The number of benzene rings is 3. The van der Waals surface area contributed by atoms with Gasteiger partial charge in [-0.2, -0.15) is 0 Å². The molecule has 0 aliphatic carbocycles. The van der Waals surface area contributed by atoms with Crippen LogP contribution in [0.3, 0.4) is 0 Å². The fraction of sp³-hybridized carbons (Fsp3) is 0.111. The van der Waals surface area contributed by atoms with Crippen LogP contribution in [0.5, 0.6) is 0 Å². The Morgan fingerprint density at radius 2 is 1.82 bits per heavy atom. The quantitative estimate of drug-likeness (QED) is 0.281. The molecule has 1 unspecified atom stereocenters. The Bertz CT molecular complexity index is 1280. The lowest BCUT2D eigenvalue weighted by atomic mass is 9.97.